The summed E-state index contributed by atoms with van der Waals surface area (Å²) in [6, 6.07) is 8.47. The fourth-order valence-electron chi connectivity index (χ4n) is 1.84. The van der Waals surface area contributed by atoms with Gasteiger partial charge in [0, 0.05) is 19.7 Å². The number of aliphatic hydroxyl groups is 1. The highest BCUT2D eigenvalue weighted by atomic mass is 16.2. The molecule has 3 N–H and O–H groups in total. The number of benzene rings is 1. The Morgan fingerprint density at radius 1 is 1.06 bits per heavy atom. The molecular weight excluding hydrogens is 212 g/mol. The van der Waals surface area contributed by atoms with Crippen LogP contribution >= 0.6 is 0 Å². The first kappa shape index (κ1) is 14.2. The van der Waals surface area contributed by atoms with Gasteiger partial charge in [0.2, 0.25) is 0 Å². The van der Waals surface area contributed by atoms with E-state index in [0.29, 0.717) is 13.2 Å². The molecule has 1 aromatic rings. The van der Waals surface area contributed by atoms with E-state index >= 15 is 0 Å². The topological polar surface area (TPSA) is 49.5 Å². The van der Waals surface area contributed by atoms with E-state index in [4.69, 9.17) is 10.8 Å². The van der Waals surface area contributed by atoms with Crippen molar-refractivity contribution in [2.24, 2.45) is 5.73 Å². The first-order valence-electron chi connectivity index (χ1n) is 6.33. The summed E-state index contributed by atoms with van der Waals surface area (Å²) in [5, 5.41) is 8.69. The lowest BCUT2D eigenvalue weighted by Crippen LogP contribution is -2.19. The van der Waals surface area contributed by atoms with Crippen LogP contribution in [0.25, 0.3) is 0 Å². The SMILES string of the molecule is CN(CCCCCO)Cc1ccc(CN)cc1. The van der Waals surface area contributed by atoms with Crippen molar-refractivity contribution < 1.29 is 5.11 Å². The van der Waals surface area contributed by atoms with Crippen LogP contribution in [0.1, 0.15) is 30.4 Å². The minimum atomic E-state index is 0.310. The summed E-state index contributed by atoms with van der Waals surface area (Å²) in [6.07, 6.45) is 3.17. The van der Waals surface area contributed by atoms with Gasteiger partial charge in [0.05, 0.1) is 0 Å². The van der Waals surface area contributed by atoms with Crippen LogP contribution < -0.4 is 5.73 Å². The van der Waals surface area contributed by atoms with Crippen molar-refractivity contribution in [1.82, 2.24) is 4.90 Å². The van der Waals surface area contributed by atoms with Crippen LogP contribution in [-0.4, -0.2) is 30.2 Å². The molecule has 0 aliphatic heterocycles. The average Bonchev–Trinajstić information content (AvgIpc) is 2.36. The Morgan fingerprint density at radius 3 is 2.29 bits per heavy atom. The highest BCUT2D eigenvalue weighted by Crippen LogP contribution is 2.07. The largest absolute Gasteiger partial charge is 0.396 e. The summed E-state index contributed by atoms with van der Waals surface area (Å²) in [4.78, 5) is 2.31. The number of hydrogen-bond donors (Lipinski definition) is 2. The van der Waals surface area contributed by atoms with Crippen LogP contribution in [0.3, 0.4) is 0 Å². The van der Waals surface area contributed by atoms with Crippen molar-refractivity contribution in [2.45, 2.75) is 32.4 Å². The maximum Gasteiger partial charge on any atom is 0.0431 e. The van der Waals surface area contributed by atoms with Gasteiger partial charge >= 0.3 is 0 Å². The fraction of sp³-hybridized carbons (Fsp3) is 0.571. The smallest absolute Gasteiger partial charge is 0.0431 e. The van der Waals surface area contributed by atoms with E-state index in [1.54, 1.807) is 0 Å². The highest BCUT2D eigenvalue weighted by Gasteiger charge is 2.00. The summed E-state index contributed by atoms with van der Waals surface area (Å²) >= 11 is 0. The summed E-state index contributed by atoms with van der Waals surface area (Å²) in [5.74, 6) is 0. The van der Waals surface area contributed by atoms with E-state index < -0.39 is 0 Å². The van der Waals surface area contributed by atoms with Gasteiger partial charge in [-0.1, -0.05) is 24.3 Å². The second-order valence-electron chi connectivity index (χ2n) is 4.54. The van der Waals surface area contributed by atoms with E-state index in [9.17, 15) is 0 Å². The first-order chi connectivity index (χ1) is 8.26. The van der Waals surface area contributed by atoms with E-state index in [1.165, 1.54) is 11.1 Å². The van der Waals surface area contributed by atoms with Crippen molar-refractivity contribution in [1.29, 1.82) is 0 Å². The zero-order chi connectivity index (χ0) is 12.5. The molecule has 1 aromatic carbocycles. The molecular formula is C14H24N2O. The van der Waals surface area contributed by atoms with Crippen molar-refractivity contribution in [3.63, 3.8) is 0 Å². The normalized spacial score (nSPS) is 11.1. The minimum absolute atomic E-state index is 0.310. The Balaban J connectivity index is 2.26. The molecule has 0 spiro atoms. The number of hydrogen-bond acceptors (Lipinski definition) is 3. The van der Waals surface area contributed by atoms with E-state index in [2.05, 4.69) is 36.2 Å². The zero-order valence-corrected chi connectivity index (χ0v) is 10.7. The Morgan fingerprint density at radius 2 is 1.71 bits per heavy atom. The van der Waals surface area contributed by atoms with Crippen LogP contribution in [0.4, 0.5) is 0 Å². The molecule has 0 bridgehead atoms. The van der Waals surface area contributed by atoms with Crippen molar-refractivity contribution in [3.8, 4) is 0 Å². The van der Waals surface area contributed by atoms with Crippen molar-refractivity contribution in [2.75, 3.05) is 20.2 Å². The van der Waals surface area contributed by atoms with E-state index in [1.807, 2.05) is 0 Å². The minimum Gasteiger partial charge on any atom is -0.396 e. The molecule has 3 nitrogen and oxygen atoms in total. The van der Waals surface area contributed by atoms with Gasteiger partial charge in [-0.25, -0.2) is 0 Å². The quantitative estimate of drug-likeness (QED) is 0.676. The van der Waals surface area contributed by atoms with Crippen LogP contribution in [0.15, 0.2) is 24.3 Å². The molecule has 0 aliphatic carbocycles. The maximum absolute atomic E-state index is 8.69. The summed E-state index contributed by atoms with van der Waals surface area (Å²) in [6.45, 7) is 2.98. The molecule has 0 atom stereocenters. The molecule has 0 radical (unpaired) electrons. The van der Waals surface area contributed by atoms with Gasteiger partial charge in [0.25, 0.3) is 0 Å². The predicted octanol–water partition coefficient (Wildman–Crippen LogP) is 1.74. The maximum atomic E-state index is 8.69. The van der Waals surface area contributed by atoms with Gasteiger partial charge in [-0.3, -0.25) is 0 Å². The molecule has 17 heavy (non-hydrogen) atoms. The second-order valence-corrected chi connectivity index (χ2v) is 4.54. The Bertz CT molecular complexity index is 298. The third-order valence-corrected chi connectivity index (χ3v) is 2.91. The Labute approximate surface area is 104 Å². The summed E-state index contributed by atoms with van der Waals surface area (Å²) in [5.41, 5.74) is 8.07. The molecule has 0 saturated carbocycles. The van der Waals surface area contributed by atoms with E-state index in [0.717, 1.165) is 32.4 Å². The molecule has 0 amide bonds. The highest BCUT2D eigenvalue weighted by molar-refractivity contribution is 5.22. The average molecular weight is 236 g/mol. The second kappa shape index (κ2) is 8.23. The first-order valence-corrected chi connectivity index (χ1v) is 6.33. The molecule has 0 saturated heterocycles. The Kier molecular flexibility index (Phi) is 6.86. The van der Waals surface area contributed by atoms with Crippen molar-refractivity contribution >= 4 is 0 Å². The third kappa shape index (κ3) is 5.82. The fourth-order valence-corrected chi connectivity index (χ4v) is 1.84. The Hall–Kier alpha value is -0.900. The third-order valence-electron chi connectivity index (χ3n) is 2.91. The molecule has 96 valence electrons. The van der Waals surface area contributed by atoms with Crippen LogP contribution in [0.2, 0.25) is 0 Å². The lowest BCUT2D eigenvalue weighted by atomic mass is 10.1. The summed E-state index contributed by atoms with van der Waals surface area (Å²) in [7, 11) is 2.13. The van der Waals surface area contributed by atoms with Gasteiger partial charge in [-0.2, -0.15) is 0 Å². The summed E-state index contributed by atoms with van der Waals surface area (Å²) < 4.78 is 0. The molecule has 0 unspecified atom stereocenters. The number of rotatable bonds is 8. The van der Waals surface area contributed by atoms with Gasteiger partial charge < -0.3 is 15.7 Å². The molecule has 0 aliphatic rings. The predicted molar refractivity (Wildman–Crippen MR) is 71.6 cm³/mol. The molecule has 0 aromatic heterocycles. The van der Waals surface area contributed by atoms with Gasteiger partial charge in [-0.05, 0) is 44.0 Å². The van der Waals surface area contributed by atoms with Crippen molar-refractivity contribution in [3.05, 3.63) is 35.4 Å². The van der Waals surface area contributed by atoms with E-state index in [-0.39, 0.29) is 0 Å². The molecule has 3 heteroatoms. The molecule has 1 rings (SSSR count). The van der Waals surface area contributed by atoms with Gasteiger partial charge in [0.15, 0.2) is 0 Å². The van der Waals surface area contributed by atoms with Gasteiger partial charge in [-0.15, -0.1) is 0 Å². The lowest BCUT2D eigenvalue weighted by Gasteiger charge is -2.16. The van der Waals surface area contributed by atoms with Crippen LogP contribution in [-0.2, 0) is 13.1 Å². The van der Waals surface area contributed by atoms with Crippen LogP contribution in [0.5, 0.6) is 0 Å². The zero-order valence-electron chi connectivity index (χ0n) is 10.7. The number of nitrogens with two attached hydrogens (primary N) is 1. The monoisotopic (exact) mass is 236 g/mol. The number of unbranched alkanes of at least 4 members (excludes halogenated alkanes) is 2. The van der Waals surface area contributed by atoms with Gasteiger partial charge in [0.1, 0.15) is 0 Å². The standard InChI is InChI=1S/C14H24N2O/c1-16(9-3-2-4-10-17)12-14-7-5-13(11-15)6-8-14/h5-8,17H,2-4,9-12,15H2,1H3. The lowest BCUT2D eigenvalue weighted by molar-refractivity contribution is 0.271. The number of nitrogens with zero attached hydrogens (tertiary/aromatic N) is 1. The molecule has 0 heterocycles. The molecule has 0 fully saturated rings. The van der Waals surface area contributed by atoms with Crippen LogP contribution in [0, 0.1) is 0 Å². The number of aliphatic hydroxyl groups excluding tert-OH is 1.